The molecule has 0 unspecified atom stereocenters. The van der Waals surface area contributed by atoms with Gasteiger partial charge in [0.2, 0.25) is 0 Å². The molecule has 1 aromatic heterocycles. The van der Waals surface area contributed by atoms with Gasteiger partial charge in [-0.25, -0.2) is 0 Å². The van der Waals surface area contributed by atoms with Gasteiger partial charge in [-0.3, -0.25) is 4.79 Å². The second-order valence-corrected chi connectivity index (χ2v) is 3.24. The molecule has 0 saturated heterocycles. The van der Waals surface area contributed by atoms with Gasteiger partial charge in [-0.05, 0) is 12.1 Å². The van der Waals surface area contributed by atoms with E-state index in [-0.39, 0.29) is 5.69 Å². The topological polar surface area (TPSA) is 70.1 Å². The smallest absolute Gasteiger partial charge is 0.295 e. The van der Waals surface area contributed by atoms with Gasteiger partial charge in [-0.2, -0.15) is 4.98 Å². The zero-order chi connectivity index (χ0) is 11.5. The van der Waals surface area contributed by atoms with Crippen molar-refractivity contribution in [1.29, 1.82) is 0 Å². The van der Waals surface area contributed by atoms with Crippen molar-refractivity contribution < 1.29 is 4.74 Å². The van der Waals surface area contributed by atoms with E-state index in [9.17, 15) is 4.79 Å². The summed E-state index contributed by atoms with van der Waals surface area (Å²) < 4.78 is 6.77. The Morgan fingerprint density at radius 3 is 2.94 bits per heavy atom. The number of nitrogens with two attached hydrogens (primary N) is 1. The minimum Gasteiger partial charge on any atom is -0.497 e. The average molecular weight is 217 g/mol. The van der Waals surface area contributed by atoms with E-state index in [1.165, 1.54) is 12.5 Å². The molecule has 0 aliphatic heterocycles. The Morgan fingerprint density at radius 1 is 1.44 bits per heavy atom. The number of rotatable bonds is 2. The zero-order valence-corrected chi connectivity index (χ0v) is 8.75. The van der Waals surface area contributed by atoms with Crippen LogP contribution in [0.3, 0.4) is 0 Å². The standard InChI is InChI=1S/C11H11N3O2/c1-16-9-4-2-3-8(5-9)14-6-10(12)11(15)13-7-14/h2-7H,12H2,1H3. The second kappa shape index (κ2) is 4.06. The fraction of sp³-hybridized carbons (Fsp3) is 0.0909. The molecule has 0 atom stereocenters. The molecular formula is C11H11N3O2. The predicted octanol–water partition coefficient (Wildman–Crippen LogP) is 0.823. The molecule has 0 spiro atoms. The summed E-state index contributed by atoms with van der Waals surface area (Å²) >= 11 is 0. The lowest BCUT2D eigenvalue weighted by Crippen LogP contribution is -2.14. The maximum Gasteiger partial charge on any atom is 0.295 e. The van der Waals surface area contributed by atoms with Gasteiger partial charge in [0.05, 0.1) is 12.8 Å². The van der Waals surface area contributed by atoms with Crippen LogP contribution < -0.4 is 16.0 Å². The summed E-state index contributed by atoms with van der Waals surface area (Å²) in [7, 11) is 1.59. The summed E-state index contributed by atoms with van der Waals surface area (Å²) in [6.07, 6.45) is 2.96. The van der Waals surface area contributed by atoms with Crippen molar-refractivity contribution in [3.05, 3.63) is 47.1 Å². The molecule has 0 aliphatic carbocycles. The molecule has 5 nitrogen and oxygen atoms in total. The zero-order valence-electron chi connectivity index (χ0n) is 8.75. The molecule has 2 N–H and O–H groups in total. The quantitative estimate of drug-likeness (QED) is 0.808. The second-order valence-electron chi connectivity index (χ2n) is 3.24. The number of hydrogen-bond donors (Lipinski definition) is 1. The van der Waals surface area contributed by atoms with Gasteiger partial charge >= 0.3 is 0 Å². The first-order valence-corrected chi connectivity index (χ1v) is 4.69. The van der Waals surface area contributed by atoms with Crippen LogP contribution in [-0.2, 0) is 0 Å². The number of anilines is 1. The van der Waals surface area contributed by atoms with Gasteiger partial charge in [0.1, 0.15) is 17.8 Å². The fourth-order valence-electron chi connectivity index (χ4n) is 1.34. The molecule has 0 bridgehead atoms. The van der Waals surface area contributed by atoms with Gasteiger partial charge < -0.3 is 15.0 Å². The van der Waals surface area contributed by atoms with E-state index in [4.69, 9.17) is 10.5 Å². The average Bonchev–Trinajstić information content (AvgIpc) is 2.33. The number of nitrogens with zero attached hydrogens (tertiary/aromatic N) is 2. The number of ether oxygens (including phenoxy) is 1. The summed E-state index contributed by atoms with van der Waals surface area (Å²) in [6, 6.07) is 7.38. The molecule has 1 aromatic carbocycles. The largest absolute Gasteiger partial charge is 0.497 e. The Bertz CT molecular complexity index is 563. The molecule has 0 amide bonds. The summed E-state index contributed by atoms with van der Waals surface area (Å²) in [5.41, 5.74) is 6.03. The maximum absolute atomic E-state index is 11.1. The van der Waals surface area contributed by atoms with Crippen LogP contribution in [0.5, 0.6) is 5.75 Å². The van der Waals surface area contributed by atoms with Crippen molar-refractivity contribution in [2.75, 3.05) is 12.8 Å². The van der Waals surface area contributed by atoms with Crippen molar-refractivity contribution in [1.82, 2.24) is 9.55 Å². The molecule has 0 radical (unpaired) electrons. The highest BCUT2D eigenvalue weighted by Crippen LogP contribution is 2.15. The van der Waals surface area contributed by atoms with Crippen molar-refractivity contribution in [3.8, 4) is 11.4 Å². The molecule has 16 heavy (non-hydrogen) atoms. The van der Waals surface area contributed by atoms with Crippen LogP contribution >= 0.6 is 0 Å². The number of aromatic nitrogens is 2. The molecule has 2 aromatic rings. The van der Waals surface area contributed by atoms with Gasteiger partial charge in [-0.1, -0.05) is 6.07 Å². The SMILES string of the molecule is COc1cccc(-n2cnc(=O)c(N)c2)c1. The van der Waals surface area contributed by atoms with Crippen LogP contribution in [0.1, 0.15) is 0 Å². The lowest BCUT2D eigenvalue weighted by atomic mass is 10.3. The number of nitrogen functional groups attached to an aromatic ring is 1. The van der Waals surface area contributed by atoms with Crippen molar-refractivity contribution in [3.63, 3.8) is 0 Å². The minimum absolute atomic E-state index is 0.116. The number of methoxy groups -OCH3 is 1. The highest BCUT2D eigenvalue weighted by molar-refractivity contribution is 5.41. The highest BCUT2D eigenvalue weighted by Gasteiger charge is 2.00. The molecule has 0 aliphatic rings. The van der Waals surface area contributed by atoms with E-state index in [1.54, 1.807) is 11.7 Å². The third kappa shape index (κ3) is 1.88. The lowest BCUT2D eigenvalue weighted by Gasteiger charge is -2.07. The van der Waals surface area contributed by atoms with Crippen LogP contribution in [0.25, 0.3) is 5.69 Å². The van der Waals surface area contributed by atoms with Crippen molar-refractivity contribution in [2.45, 2.75) is 0 Å². The molecule has 1 heterocycles. The first-order valence-electron chi connectivity index (χ1n) is 4.69. The lowest BCUT2D eigenvalue weighted by molar-refractivity contribution is 0.414. The normalized spacial score (nSPS) is 10.1. The highest BCUT2D eigenvalue weighted by atomic mass is 16.5. The van der Waals surface area contributed by atoms with Crippen molar-refractivity contribution in [2.24, 2.45) is 0 Å². The van der Waals surface area contributed by atoms with E-state index in [2.05, 4.69) is 4.98 Å². The van der Waals surface area contributed by atoms with E-state index in [0.29, 0.717) is 0 Å². The summed E-state index contributed by atoms with van der Waals surface area (Å²) in [6.45, 7) is 0. The van der Waals surface area contributed by atoms with Crippen LogP contribution in [-0.4, -0.2) is 16.7 Å². The Labute approximate surface area is 92.1 Å². The van der Waals surface area contributed by atoms with E-state index >= 15 is 0 Å². The Hall–Kier alpha value is -2.30. The Kier molecular flexibility index (Phi) is 2.59. The molecular weight excluding hydrogens is 206 g/mol. The maximum atomic E-state index is 11.1. The number of benzene rings is 1. The third-order valence-electron chi connectivity index (χ3n) is 2.18. The van der Waals surface area contributed by atoms with E-state index in [0.717, 1.165) is 11.4 Å². The van der Waals surface area contributed by atoms with Crippen LogP contribution in [0.2, 0.25) is 0 Å². The van der Waals surface area contributed by atoms with E-state index in [1.807, 2.05) is 24.3 Å². The molecule has 2 rings (SSSR count). The third-order valence-corrected chi connectivity index (χ3v) is 2.18. The van der Waals surface area contributed by atoms with Gasteiger partial charge in [0, 0.05) is 12.3 Å². The first kappa shape index (κ1) is 10.2. The molecule has 5 heteroatoms. The summed E-state index contributed by atoms with van der Waals surface area (Å²) in [4.78, 5) is 14.7. The van der Waals surface area contributed by atoms with Crippen molar-refractivity contribution >= 4 is 5.69 Å². The minimum atomic E-state index is -0.417. The summed E-state index contributed by atoms with van der Waals surface area (Å²) in [5, 5.41) is 0. The van der Waals surface area contributed by atoms with Gasteiger partial charge in [0.15, 0.2) is 0 Å². The van der Waals surface area contributed by atoms with Crippen LogP contribution in [0.15, 0.2) is 41.6 Å². The number of hydrogen-bond acceptors (Lipinski definition) is 4. The van der Waals surface area contributed by atoms with E-state index < -0.39 is 5.56 Å². The molecule has 0 saturated carbocycles. The molecule has 0 fully saturated rings. The Morgan fingerprint density at radius 2 is 2.25 bits per heavy atom. The van der Waals surface area contributed by atoms with Crippen LogP contribution in [0.4, 0.5) is 5.69 Å². The fourth-order valence-corrected chi connectivity index (χ4v) is 1.34. The monoisotopic (exact) mass is 217 g/mol. The summed E-state index contributed by atoms with van der Waals surface area (Å²) in [5.74, 6) is 0.731. The Balaban J connectivity index is 2.50. The molecule has 82 valence electrons. The predicted molar refractivity (Wildman–Crippen MR) is 60.8 cm³/mol. The van der Waals surface area contributed by atoms with Gasteiger partial charge in [-0.15, -0.1) is 0 Å². The van der Waals surface area contributed by atoms with Crippen LogP contribution in [0, 0.1) is 0 Å². The first-order chi connectivity index (χ1) is 7.70. The van der Waals surface area contributed by atoms with Gasteiger partial charge in [0.25, 0.3) is 5.56 Å².